The topological polar surface area (TPSA) is 104 Å². The van der Waals surface area contributed by atoms with Gasteiger partial charge in [0.05, 0.1) is 16.6 Å². The van der Waals surface area contributed by atoms with Gasteiger partial charge in [0.15, 0.2) is 17.3 Å². The van der Waals surface area contributed by atoms with Crippen LogP contribution >= 0.6 is 0 Å². The van der Waals surface area contributed by atoms with Crippen molar-refractivity contribution in [3.8, 4) is 5.75 Å². The Bertz CT molecular complexity index is 789. The fraction of sp³-hybridized carbons (Fsp3) is 0.471. The zero-order valence-electron chi connectivity index (χ0n) is 14.3. The predicted octanol–water partition coefficient (Wildman–Crippen LogP) is 3.20. The molecule has 1 saturated carbocycles. The molecule has 140 valence electrons. The maximum Gasteiger partial charge on any atom is 0.387 e. The Morgan fingerprint density at radius 3 is 2.50 bits per heavy atom. The van der Waals surface area contributed by atoms with Crippen LogP contribution in [-0.4, -0.2) is 28.9 Å². The molecule has 7 nitrogen and oxygen atoms in total. The molecule has 0 amide bonds. The molecule has 0 spiro atoms. The van der Waals surface area contributed by atoms with Crippen LogP contribution in [-0.2, 0) is 9.59 Å². The number of hydrogen-bond acceptors (Lipinski definition) is 6. The number of carbonyl (C=O) groups excluding carboxylic acids is 3. The Hall–Kier alpha value is -2.71. The Labute approximate surface area is 147 Å². The number of ketones is 3. The van der Waals surface area contributed by atoms with Crippen LogP contribution in [0.15, 0.2) is 18.2 Å². The molecule has 1 aliphatic carbocycles. The van der Waals surface area contributed by atoms with Gasteiger partial charge in [-0.1, -0.05) is 20.8 Å². The number of nitro groups is 1. The summed E-state index contributed by atoms with van der Waals surface area (Å²) in [5.74, 6) is -4.91. The average Bonchev–Trinajstić information content (AvgIpc) is 2.52. The van der Waals surface area contributed by atoms with Crippen LogP contribution in [0.25, 0.3) is 0 Å². The summed E-state index contributed by atoms with van der Waals surface area (Å²) in [5, 5.41) is 11.2. The van der Waals surface area contributed by atoms with E-state index in [2.05, 4.69) is 4.74 Å². The summed E-state index contributed by atoms with van der Waals surface area (Å²) in [6, 6.07) is 2.55. The second kappa shape index (κ2) is 6.89. The number of hydrogen-bond donors (Lipinski definition) is 0. The molecule has 0 aromatic heterocycles. The Balaban J connectivity index is 2.49. The normalized spacial score (nSPS) is 22.4. The van der Waals surface area contributed by atoms with Gasteiger partial charge in [0.2, 0.25) is 0 Å². The van der Waals surface area contributed by atoms with Gasteiger partial charge >= 0.3 is 6.61 Å². The van der Waals surface area contributed by atoms with Crippen molar-refractivity contribution in [3.63, 3.8) is 0 Å². The number of nitrogens with zero attached hydrogens (tertiary/aromatic N) is 1. The third-order valence-electron chi connectivity index (χ3n) is 4.43. The van der Waals surface area contributed by atoms with Gasteiger partial charge in [-0.3, -0.25) is 24.5 Å². The van der Waals surface area contributed by atoms with Crippen LogP contribution in [0.1, 0.15) is 37.6 Å². The van der Waals surface area contributed by atoms with Crippen LogP contribution in [0.4, 0.5) is 14.5 Å². The summed E-state index contributed by atoms with van der Waals surface area (Å²) in [4.78, 5) is 48.0. The van der Waals surface area contributed by atoms with E-state index in [0.717, 1.165) is 12.1 Å². The molecule has 1 aliphatic rings. The van der Waals surface area contributed by atoms with Crippen LogP contribution in [0.5, 0.6) is 5.75 Å². The third-order valence-corrected chi connectivity index (χ3v) is 4.43. The van der Waals surface area contributed by atoms with Gasteiger partial charge in [-0.2, -0.15) is 8.78 Å². The molecule has 0 radical (unpaired) electrons. The monoisotopic (exact) mass is 369 g/mol. The lowest BCUT2D eigenvalue weighted by Gasteiger charge is -2.35. The summed E-state index contributed by atoms with van der Waals surface area (Å²) < 4.78 is 28.7. The third kappa shape index (κ3) is 3.61. The average molecular weight is 369 g/mol. The minimum Gasteiger partial charge on any atom is -0.435 e. The number of rotatable bonds is 5. The lowest BCUT2D eigenvalue weighted by atomic mass is 9.64. The number of benzene rings is 1. The smallest absolute Gasteiger partial charge is 0.387 e. The second-order valence-electron chi connectivity index (χ2n) is 6.87. The first kappa shape index (κ1) is 19.6. The van der Waals surface area contributed by atoms with E-state index in [1.165, 1.54) is 0 Å². The lowest BCUT2D eigenvalue weighted by Crippen LogP contribution is -2.48. The molecule has 2 unspecified atom stereocenters. The van der Waals surface area contributed by atoms with E-state index in [1.807, 2.05) is 0 Å². The van der Waals surface area contributed by atoms with E-state index >= 15 is 0 Å². The number of Topliss-reactive ketones (excluding diaryl/α,β-unsaturated/α-hetero) is 3. The summed E-state index contributed by atoms with van der Waals surface area (Å²) in [7, 11) is 0. The fourth-order valence-electron chi connectivity index (χ4n) is 3.22. The van der Waals surface area contributed by atoms with Crippen molar-refractivity contribution in [3.05, 3.63) is 33.9 Å². The Morgan fingerprint density at radius 2 is 1.96 bits per heavy atom. The first-order chi connectivity index (χ1) is 12.0. The molecular weight excluding hydrogens is 352 g/mol. The van der Waals surface area contributed by atoms with Gasteiger partial charge < -0.3 is 4.74 Å². The van der Waals surface area contributed by atoms with E-state index in [4.69, 9.17) is 0 Å². The molecule has 1 fully saturated rings. The van der Waals surface area contributed by atoms with E-state index < -0.39 is 63.1 Å². The van der Waals surface area contributed by atoms with Crippen molar-refractivity contribution < 1.29 is 32.8 Å². The van der Waals surface area contributed by atoms with E-state index in [9.17, 15) is 33.3 Å². The van der Waals surface area contributed by atoms with Crippen molar-refractivity contribution in [2.24, 2.45) is 17.3 Å². The molecule has 0 N–H and O–H groups in total. The van der Waals surface area contributed by atoms with Crippen LogP contribution < -0.4 is 4.74 Å². The largest absolute Gasteiger partial charge is 0.435 e. The van der Waals surface area contributed by atoms with Gasteiger partial charge in [0.1, 0.15) is 11.7 Å². The lowest BCUT2D eigenvalue weighted by molar-refractivity contribution is -0.385. The van der Waals surface area contributed by atoms with Crippen LogP contribution in [0.2, 0.25) is 0 Å². The van der Waals surface area contributed by atoms with Gasteiger partial charge in [-0.15, -0.1) is 0 Å². The summed E-state index contributed by atoms with van der Waals surface area (Å²) in [6.07, 6.45) is 0.276. The van der Waals surface area contributed by atoms with Crippen molar-refractivity contribution in [1.29, 1.82) is 0 Å². The molecular formula is C17H17F2NO6. The van der Waals surface area contributed by atoms with E-state index in [0.29, 0.717) is 6.07 Å². The highest BCUT2D eigenvalue weighted by atomic mass is 19.3. The SMILES string of the molecule is CC1CC(C)(C)C(=O)C(C(=O)c2ccc(OC(F)F)cc2[N+](=O)[O-])C1=O. The molecule has 2 atom stereocenters. The number of ether oxygens (including phenoxy) is 1. The number of halogens is 2. The van der Waals surface area contributed by atoms with Crippen LogP contribution in [0, 0.1) is 27.4 Å². The van der Waals surface area contributed by atoms with E-state index in [-0.39, 0.29) is 6.42 Å². The second-order valence-corrected chi connectivity index (χ2v) is 6.87. The zero-order valence-corrected chi connectivity index (χ0v) is 14.3. The highest BCUT2D eigenvalue weighted by Crippen LogP contribution is 2.39. The first-order valence-corrected chi connectivity index (χ1v) is 7.81. The minimum atomic E-state index is -3.20. The van der Waals surface area contributed by atoms with E-state index in [1.54, 1.807) is 20.8 Å². The van der Waals surface area contributed by atoms with Crippen molar-refractivity contribution in [2.75, 3.05) is 0 Å². The number of nitro benzene ring substituents is 1. The molecule has 0 heterocycles. The molecule has 1 aromatic carbocycles. The van der Waals surface area contributed by atoms with Gasteiger partial charge in [0.25, 0.3) is 5.69 Å². The summed E-state index contributed by atoms with van der Waals surface area (Å²) in [6.45, 7) is 1.60. The van der Waals surface area contributed by atoms with Crippen molar-refractivity contribution >= 4 is 23.0 Å². The quantitative estimate of drug-likeness (QED) is 0.342. The summed E-state index contributed by atoms with van der Waals surface area (Å²) in [5.41, 5.74) is -2.22. The molecule has 0 aliphatic heterocycles. The fourth-order valence-corrected chi connectivity index (χ4v) is 3.22. The zero-order chi connectivity index (χ0) is 19.8. The minimum absolute atomic E-state index is 0.276. The Morgan fingerprint density at radius 1 is 1.35 bits per heavy atom. The highest BCUT2D eigenvalue weighted by Gasteiger charge is 2.50. The summed E-state index contributed by atoms with van der Waals surface area (Å²) >= 11 is 0. The van der Waals surface area contributed by atoms with Gasteiger partial charge in [-0.25, -0.2) is 0 Å². The molecule has 2 rings (SSSR count). The molecule has 9 heteroatoms. The number of alkyl halides is 2. The Kier molecular flexibility index (Phi) is 5.20. The molecule has 26 heavy (non-hydrogen) atoms. The van der Waals surface area contributed by atoms with Gasteiger partial charge in [-0.05, 0) is 18.6 Å². The number of carbonyl (C=O) groups is 3. The van der Waals surface area contributed by atoms with Crippen LogP contribution in [0.3, 0.4) is 0 Å². The molecule has 0 bridgehead atoms. The maximum atomic E-state index is 12.8. The highest BCUT2D eigenvalue weighted by molar-refractivity contribution is 6.27. The predicted molar refractivity (Wildman–Crippen MR) is 85.1 cm³/mol. The van der Waals surface area contributed by atoms with Crippen molar-refractivity contribution in [1.82, 2.24) is 0 Å². The standard InChI is InChI=1S/C17H17F2NO6/c1-8-7-17(2,3)15(23)12(13(8)21)14(22)10-5-4-9(26-16(18)19)6-11(10)20(24)25/h4-6,8,12,16H,7H2,1-3H3. The van der Waals surface area contributed by atoms with Gasteiger partial charge in [0, 0.05) is 11.3 Å². The van der Waals surface area contributed by atoms with Crippen molar-refractivity contribution in [2.45, 2.75) is 33.8 Å². The first-order valence-electron chi connectivity index (χ1n) is 7.81. The molecule has 0 saturated heterocycles. The maximum absolute atomic E-state index is 12.8. The molecule has 1 aromatic rings.